The van der Waals surface area contributed by atoms with E-state index in [1.54, 1.807) is 0 Å². The molecule has 3 aliphatic rings. The van der Waals surface area contributed by atoms with Gasteiger partial charge in [-0.2, -0.15) is 5.10 Å². The Morgan fingerprint density at radius 3 is 2.75 bits per heavy atom. The van der Waals surface area contributed by atoms with Gasteiger partial charge in [-0.3, -0.25) is 19.7 Å². The van der Waals surface area contributed by atoms with Crippen LogP contribution in [0.15, 0.2) is 17.3 Å². The average molecular weight is 220 g/mol. The molecule has 2 saturated heterocycles. The number of hydrogen-bond acceptors (Lipinski definition) is 5. The number of nitrogens with one attached hydrogen (secondary N) is 1. The highest BCUT2D eigenvalue weighted by Crippen LogP contribution is 2.46. The molecule has 1 saturated carbocycles. The quantitative estimate of drug-likeness (QED) is 0.575. The van der Waals surface area contributed by atoms with E-state index < -0.39 is 17.0 Å². The van der Waals surface area contributed by atoms with E-state index in [-0.39, 0.29) is 11.8 Å². The van der Waals surface area contributed by atoms with Crippen LogP contribution >= 0.6 is 0 Å². The van der Waals surface area contributed by atoms with Gasteiger partial charge in [-0.25, -0.2) is 9.67 Å². The Morgan fingerprint density at radius 2 is 2.12 bits per heavy atom. The van der Waals surface area contributed by atoms with Gasteiger partial charge in [0.2, 0.25) is 5.91 Å². The van der Waals surface area contributed by atoms with Crippen LogP contribution in [0.5, 0.6) is 0 Å². The molecule has 1 aliphatic carbocycles. The molecular weight excluding hydrogens is 212 g/mol. The first kappa shape index (κ1) is 9.20. The highest BCUT2D eigenvalue weighted by molar-refractivity contribution is 6.05. The zero-order valence-electron chi connectivity index (χ0n) is 8.21. The number of rotatable bonds is 1. The Hall–Kier alpha value is -2.05. The van der Waals surface area contributed by atoms with Crippen molar-refractivity contribution < 1.29 is 9.59 Å². The largest absolute Gasteiger partial charge is 0.294 e. The Balaban J connectivity index is 2.09. The number of hydrogen-bond donors (Lipinski definition) is 1. The minimum absolute atomic E-state index is 0.181. The summed E-state index contributed by atoms with van der Waals surface area (Å²) in [7, 11) is 0. The van der Waals surface area contributed by atoms with Gasteiger partial charge in [0.25, 0.3) is 11.5 Å². The summed E-state index contributed by atoms with van der Waals surface area (Å²) in [5.41, 5.74) is -1.40. The van der Waals surface area contributed by atoms with Gasteiger partial charge in [0.1, 0.15) is 11.9 Å². The molecule has 0 spiro atoms. The maximum absolute atomic E-state index is 11.8. The summed E-state index contributed by atoms with van der Waals surface area (Å²) in [6.07, 6.45) is 3.04. The second-order valence-electron chi connectivity index (χ2n) is 4.11. The molecule has 0 radical (unpaired) electrons. The molecule has 0 atom stereocenters. The molecule has 1 N–H and O–H groups in total. The van der Waals surface area contributed by atoms with Gasteiger partial charge in [0.15, 0.2) is 0 Å². The van der Waals surface area contributed by atoms with Crippen LogP contribution < -0.4 is 10.9 Å². The maximum atomic E-state index is 11.8. The molecule has 7 nitrogen and oxygen atoms in total. The smallest absolute Gasteiger partial charge is 0.286 e. The Bertz CT molecular complexity index is 544. The van der Waals surface area contributed by atoms with Gasteiger partial charge in [-0.1, -0.05) is 0 Å². The molecule has 3 heterocycles. The predicted molar refractivity (Wildman–Crippen MR) is 50.1 cm³/mol. The molecule has 1 aromatic rings. The Labute approximate surface area is 89.5 Å². The van der Waals surface area contributed by atoms with Gasteiger partial charge >= 0.3 is 0 Å². The van der Waals surface area contributed by atoms with Crippen molar-refractivity contribution in [3.8, 4) is 0 Å². The van der Waals surface area contributed by atoms with Crippen LogP contribution in [0.2, 0.25) is 0 Å². The predicted octanol–water partition coefficient (Wildman–Crippen LogP) is -1.60. The average Bonchev–Trinajstić information content (AvgIpc) is 2.17. The fourth-order valence-corrected chi connectivity index (χ4v) is 2.34. The second kappa shape index (κ2) is 2.75. The molecule has 2 aliphatic heterocycles. The van der Waals surface area contributed by atoms with E-state index >= 15 is 0 Å². The molecule has 2 amide bonds. The first-order valence-electron chi connectivity index (χ1n) is 4.89. The van der Waals surface area contributed by atoms with E-state index in [9.17, 15) is 14.4 Å². The van der Waals surface area contributed by atoms with Crippen molar-refractivity contribution in [2.24, 2.45) is 5.92 Å². The lowest BCUT2D eigenvalue weighted by Gasteiger charge is -2.48. The van der Waals surface area contributed by atoms with Crippen LogP contribution in [-0.4, -0.2) is 26.6 Å². The highest BCUT2D eigenvalue weighted by atomic mass is 16.2. The maximum Gasteiger partial charge on any atom is 0.286 e. The van der Waals surface area contributed by atoms with Crippen molar-refractivity contribution in [3.63, 3.8) is 0 Å². The van der Waals surface area contributed by atoms with Crippen LogP contribution in [0.1, 0.15) is 12.8 Å². The molecule has 3 fully saturated rings. The lowest BCUT2D eigenvalue weighted by Crippen LogP contribution is -2.69. The summed E-state index contributed by atoms with van der Waals surface area (Å²) in [6.45, 7) is 0. The minimum atomic E-state index is -0.974. The summed E-state index contributed by atoms with van der Waals surface area (Å²) in [4.78, 5) is 38.1. The summed E-state index contributed by atoms with van der Waals surface area (Å²) >= 11 is 0. The fraction of sp³-hybridized carbons (Fsp3) is 0.444. The Morgan fingerprint density at radius 1 is 1.38 bits per heavy atom. The van der Waals surface area contributed by atoms with Crippen molar-refractivity contribution in [2.75, 3.05) is 0 Å². The van der Waals surface area contributed by atoms with E-state index in [1.807, 2.05) is 0 Å². The van der Waals surface area contributed by atoms with Gasteiger partial charge in [-0.05, 0) is 12.8 Å². The summed E-state index contributed by atoms with van der Waals surface area (Å²) in [5.74, 6) is -0.880. The topological polar surface area (TPSA) is 93.9 Å². The second-order valence-corrected chi connectivity index (χ2v) is 4.11. The normalized spacial score (nSPS) is 31.9. The van der Waals surface area contributed by atoms with Gasteiger partial charge in [0, 0.05) is 5.92 Å². The number of fused-ring (bicyclic) bond motifs is 2. The molecule has 0 aromatic carbocycles. The zero-order valence-corrected chi connectivity index (χ0v) is 8.21. The molecule has 0 unspecified atom stereocenters. The molecule has 7 heteroatoms. The number of imide groups is 1. The third kappa shape index (κ3) is 0.944. The number of carbonyl (C=O) groups is 2. The zero-order chi connectivity index (χ0) is 11.3. The third-order valence-electron chi connectivity index (χ3n) is 3.23. The SMILES string of the molecule is O=C1NC(=O)C2(n3ncncc3=O)CC1C2. The molecule has 2 bridgehead atoms. The van der Waals surface area contributed by atoms with Crippen molar-refractivity contribution in [1.82, 2.24) is 20.1 Å². The van der Waals surface area contributed by atoms with E-state index in [0.29, 0.717) is 12.8 Å². The van der Waals surface area contributed by atoms with Crippen molar-refractivity contribution in [2.45, 2.75) is 18.4 Å². The van der Waals surface area contributed by atoms with E-state index in [4.69, 9.17) is 0 Å². The van der Waals surface area contributed by atoms with Crippen molar-refractivity contribution in [1.29, 1.82) is 0 Å². The van der Waals surface area contributed by atoms with Gasteiger partial charge in [0.05, 0.1) is 6.20 Å². The summed E-state index contributed by atoms with van der Waals surface area (Å²) in [5, 5.41) is 6.06. The monoisotopic (exact) mass is 220 g/mol. The van der Waals surface area contributed by atoms with Crippen LogP contribution in [0, 0.1) is 5.92 Å². The molecule has 82 valence electrons. The minimum Gasteiger partial charge on any atom is -0.294 e. The molecule has 4 rings (SSSR count). The standard InChI is InChI=1S/C9H8N4O3/c14-6-3-10-4-11-13(6)9-1-5(2-9)7(15)12-8(9)16/h3-5H,1-2H2,(H,12,15,16). The lowest BCUT2D eigenvalue weighted by molar-refractivity contribution is -0.158. The highest BCUT2D eigenvalue weighted by Gasteiger charge is 2.60. The third-order valence-corrected chi connectivity index (χ3v) is 3.23. The van der Waals surface area contributed by atoms with Crippen molar-refractivity contribution >= 4 is 11.8 Å². The molecular formula is C9H8N4O3. The number of aromatic nitrogens is 3. The lowest BCUT2D eigenvalue weighted by atomic mass is 9.64. The number of carbonyl (C=O) groups excluding carboxylic acids is 2. The number of nitrogens with zero attached hydrogens (tertiary/aromatic N) is 3. The van der Waals surface area contributed by atoms with E-state index in [0.717, 1.165) is 10.9 Å². The number of amides is 2. The van der Waals surface area contributed by atoms with E-state index in [2.05, 4.69) is 15.4 Å². The van der Waals surface area contributed by atoms with Crippen molar-refractivity contribution in [3.05, 3.63) is 22.9 Å². The van der Waals surface area contributed by atoms with Crippen LogP contribution in [0.4, 0.5) is 0 Å². The fourth-order valence-electron chi connectivity index (χ4n) is 2.34. The first-order valence-corrected chi connectivity index (χ1v) is 4.89. The summed E-state index contributed by atoms with van der Waals surface area (Å²) in [6, 6.07) is 0. The van der Waals surface area contributed by atoms with Gasteiger partial charge in [-0.15, -0.1) is 0 Å². The summed E-state index contributed by atoms with van der Waals surface area (Å²) < 4.78 is 1.12. The van der Waals surface area contributed by atoms with Crippen LogP contribution in [0.3, 0.4) is 0 Å². The Kier molecular flexibility index (Phi) is 1.58. The molecule has 1 aromatic heterocycles. The number of piperidine rings is 2. The van der Waals surface area contributed by atoms with E-state index in [1.165, 1.54) is 6.33 Å². The van der Waals surface area contributed by atoms with Gasteiger partial charge < -0.3 is 0 Å². The van der Waals surface area contributed by atoms with Crippen LogP contribution in [0.25, 0.3) is 0 Å². The first-order chi connectivity index (χ1) is 7.63. The van der Waals surface area contributed by atoms with Crippen LogP contribution in [-0.2, 0) is 15.1 Å². The molecule has 16 heavy (non-hydrogen) atoms.